The topological polar surface area (TPSA) is 141 Å². The van der Waals surface area contributed by atoms with Gasteiger partial charge in [-0.05, 0) is 18.4 Å². The quantitative estimate of drug-likeness (QED) is 0.485. The zero-order valence-corrected chi connectivity index (χ0v) is 11.8. The van der Waals surface area contributed by atoms with Gasteiger partial charge in [-0.15, -0.1) is 0 Å². The summed E-state index contributed by atoms with van der Waals surface area (Å²) in [5, 5.41) is -2.04. The van der Waals surface area contributed by atoms with Gasteiger partial charge in [0.2, 0.25) is 0 Å². The second-order valence-electron chi connectivity index (χ2n) is 4.34. The van der Waals surface area contributed by atoms with E-state index in [4.69, 9.17) is 25.3 Å². The predicted molar refractivity (Wildman–Crippen MR) is 70.6 cm³/mol. The highest BCUT2D eigenvalue weighted by Crippen LogP contribution is 2.61. The van der Waals surface area contributed by atoms with Crippen LogP contribution in [-0.4, -0.2) is 31.0 Å². The summed E-state index contributed by atoms with van der Waals surface area (Å²) in [5.74, 6) is 0. The highest BCUT2D eigenvalue weighted by atomic mass is 31.2. The average molecular weight is 309 g/mol. The number of hydrogen-bond acceptors (Lipinski definition) is 3. The van der Waals surface area contributed by atoms with Gasteiger partial charge in [0.15, 0.2) is 5.40 Å². The van der Waals surface area contributed by atoms with E-state index in [9.17, 15) is 9.13 Å². The van der Waals surface area contributed by atoms with Crippen molar-refractivity contribution in [1.82, 2.24) is 0 Å². The Bertz CT molecular complexity index is 474. The van der Waals surface area contributed by atoms with Crippen molar-refractivity contribution in [2.24, 2.45) is 5.73 Å². The van der Waals surface area contributed by atoms with E-state index in [0.29, 0.717) is 0 Å². The van der Waals surface area contributed by atoms with Crippen LogP contribution in [0.1, 0.15) is 12.0 Å². The van der Waals surface area contributed by atoms with Gasteiger partial charge in [-0.25, -0.2) is 0 Å². The Kier molecular flexibility index (Phi) is 5.47. The Morgan fingerprint density at radius 1 is 1.00 bits per heavy atom. The van der Waals surface area contributed by atoms with E-state index in [2.05, 4.69) is 0 Å². The van der Waals surface area contributed by atoms with Crippen molar-refractivity contribution >= 4 is 15.2 Å². The van der Waals surface area contributed by atoms with Crippen molar-refractivity contribution in [2.75, 3.05) is 0 Å². The summed E-state index contributed by atoms with van der Waals surface area (Å²) < 4.78 is 22.2. The minimum absolute atomic E-state index is 0.289. The fourth-order valence-electron chi connectivity index (χ4n) is 1.74. The Labute approximate surface area is 110 Å². The molecule has 1 rings (SSSR count). The average Bonchev–Trinajstić information content (AvgIpc) is 2.24. The van der Waals surface area contributed by atoms with Crippen molar-refractivity contribution in [3.8, 4) is 0 Å². The summed E-state index contributed by atoms with van der Waals surface area (Å²) in [6.45, 7) is 0. The van der Waals surface area contributed by atoms with Crippen LogP contribution in [0.3, 0.4) is 0 Å². The molecule has 0 bridgehead atoms. The van der Waals surface area contributed by atoms with Gasteiger partial charge in [-0.2, -0.15) is 0 Å². The summed E-state index contributed by atoms with van der Waals surface area (Å²) in [6, 6.07) is 8.20. The predicted octanol–water partition coefficient (Wildman–Crippen LogP) is 0.628. The van der Waals surface area contributed by atoms with Gasteiger partial charge in [0, 0.05) is 6.04 Å². The summed E-state index contributed by atoms with van der Waals surface area (Å²) in [4.78, 5) is 36.0. The van der Waals surface area contributed by atoms with Crippen LogP contribution in [0, 0.1) is 0 Å². The van der Waals surface area contributed by atoms with Gasteiger partial charge in [-0.3, -0.25) is 9.13 Å². The molecule has 0 fully saturated rings. The van der Waals surface area contributed by atoms with Crippen LogP contribution in [0.15, 0.2) is 30.3 Å². The monoisotopic (exact) mass is 309 g/mol. The molecule has 19 heavy (non-hydrogen) atoms. The Morgan fingerprint density at radius 2 is 1.47 bits per heavy atom. The van der Waals surface area contributed by atoms with Gasteiger partial charge in [0.05, 0.1) is 0 Å². The number of nitrogens with two attached hydrogens (primary N) is 1. The maximum atomic E-state index is 11.1. The lowest BCUT2D eigenvalue weighted by Gasteiger charge is -2.22. The summed E-state index contributed by atoms with van der Waals surface area (Å²) >= 11 is 0. The van der Waals surface area contributed by atoms with Gasteiger partial charge >= 0.3 is 15.2 Å². The van der Waals surface area contributed by atoms with E-state index in [0.717, 1.165) is 5.56 Å². The second-order valence-corrected chi connectivity index (χ2v) is 8.35. The maximum Gasteiger partial charge on any atom is 0.340 e. The van der Waals surface area contributed by atoms with Gasteiger partial charge < -0.3 is 25.3 Å². The molecule has 0 aliphatic carbocycles. The molecule has 1 unspecified atom stereocenters. The number of hydrogen-bond donors (Lipinski definition) is 5. The van der Waals surface area contributed by atoms with E-state index >= 15 is 0 Å². The second kappa shape index (κ2) is 6.29. The molecule has 0 heterocycles. The summed E-state index contributed by atoms with van der Waals surface area (Å²) in [7, 11) is -9.80. The molecule has 0 saturated carbocycles. The van der Waals surface area contributed by atoms with Crippen LogP contribution < -0.4 is 5.73 Å². The van der Waals surface area contributed by atoms with Crippen molar-refractivity contribution in [2.45, 2.75) is 24.3 Å². The van der Waals surface area contributed by atoms with E-state index < -0.39 is 33.1 Å². The Morgan fingerprint density at radius 3 is 1.89 bits per heavy atom. The molecule has 1 atom stereocenters. The molecular formula is C10H17NO6P2. The molecule has 1 aromatic carbocycles. The molecular weight excluding hydrogens is 292 g/mol. The Hall–Kier alpha value is -0.520. The van der Waals surface area contributed by atoms with Crippen molar-refractivity contribution < 1.29 is 28.7 Å². The molecule has 6 N–H and O–H groups in total. The summed E-state index contributed by atoms with van der Waals surface area (Å²) in [6.07, 6.45) is -0.152. The van der Waals surface area contributed by atoms with Crippen LogP contribution in [0.2, 0.25) is 0 Å². The molecule has 108 valence electrons. The van der Waals surface area contributed by atoms with Gasteiger partial charge in [0.1, 0.15) is 0 Å². The van der Waals surface area contributed by atoms with E-state index in [1.54, 1.807) is 24.3 Å². The molecule has 1 aromatic rings. The lowest BCUT2D eigenvalue weighted by Crippen LogP contribution is -2.28. The third kappa shape index (κ3) is 5.55. The van der Waals surface area contributed by atoms with Crippen LogP contribution in [0.4, 0.5) is 0 Å². The molecule has 0 aromatic heterocycles. The normalized spacial score (nSPS) is 14.6. The SMILES string of the molecule is NC(Cc1ccccc1)CC(P(=O)(O)O)P(=O)(O)O. The van der Waals surface area contributed by atoms with Crippen LogP contribution in [-0.2, 0) is 15.6 Å². The van der Waals surface area contributed by atoms with Crippen LogP contribution in [0.5, 0.6) is 0 Å². The zero-order valence-electron chi connectivity index (χ0n) is 10.0. The smallest absolute Gasteiger partial charge is 0.327 e. The maximum absolute atomic E-state index is 11.1. The lowest BCUT2D eigenvalue weighted by atomic mass is 10.1. The molecule has 0 aliphatic heterocycles. The first-order valence-corrected chi connectivity index (χ1v) is 8.87. The molecule has 7 nitrogen and oxygen atoms in total. The molecule has 0 radical (unpaired) electrons. The third-order valence-corrected chi connectivity index (χ3v) is 6.41. The van der Waals surface area contributed by atoms with Crippen LogP contribution in [0.25, 0.3) is 0 Å². The summed E-state index contributed by atoms with van der Waals surface area (Å²) in [5.41, 5.74) is 6.55. The largest absolute Gasteiger partial charge is 0.340 e. The lowest BCUT2D eigenvalue weighted by molar-refractivity contribution is 0.331. The van der Waals surface area contributed by atoms with Gasteiger partial charge in [-0.1, -0.05) is 30.3 Å². The van der Waals surface area contributed by atoms with Crippen molar-refractivity contribution in [1.29, 1.82) is 0 Å². The fourth-order valence-corrected chi connectivity index (χ4v) is 4.40. The van der Waals surface area contributed by atoms with E-state index in [1.807, 2.05) is 6.07 Å². The first kappa shape index (κ1) is 16.5. The minimum atomic E-state index is -4.90. The number of rotatable bonds is 6. The first-order chi connectivity index (χ1) is 8.60. The standard InChI is InChI=1S/C10H17NO6P2/c11-9(6-8-4-2-1-3-5-8)7-10(18(12,13)14)19(15,16)17/h1-5,9-10H,6-7,11H2,(H2,12,13,14)(H2,15,16,17). The molecule has 0 saturated heterocycles. The van der Waals surface area contributed by atoms with Gasteiger partial charge in [0.25, 0.3) is 0 Å². The van der Waals surface area contributed by atoms with Crippen molar-refractivity contribution in [3.05, 3.63) is 35.9 Å². The Balaban J connectivity index is 2.76. The third-order valence-electron chi connectivity index (χ3n) is 2.63. The molecule has 0 aliphatic rings. The highest BCUT2D eigenvalue weighted by molar-refractivity contribution is 7.70. The molecule has 0 amide bonds. The first-order valence-electron chi connectivity index (χ1n) is 5.50. The van der Waals surface area contributed by atoms with Crippen molar-refractivity contribution in [3.63, 3.8) is 0 Å². The van der Waals surface area contributed by atoms with Crippen LogP contribution >= 0.6 is 15.2 Å². The number of benzene rings is 1. The minimum Gasteiger partial charge on any atom is -0.327 e. The zero-order chi connectivity index (χ0) is 14.7. The molecule has 9 heteroatoms. The molecule has 0 spiro atoms. The van der Waals surface area contributed by atoms with E-state index in [1.165, 1.54) is 0 Å². The van der Waals surface area contributed by atoms with E-state index in [-0.39, 0.29) is 6.42 Å². The fraction of sp³-hybridized carbons (Fsp3) is 0.400. The highest BCUT2D eigenvalue weighted by Gasteiger charge is 2.43.